The summed E-state index contributed by atoms with van der Waals surface area (Å²) in [5.41, 5.74) is 0.741. The highest BCUT2D eigenvalue weighted by Crippen LogP contribution is 2.21. The van der Waals surface area contributed by atoms with E-state index in [-0.39, 0.29) is 5.01 Å². The van der Waals surface area contributed by atoms with Gasteiger partial charge in [-0.3, -0.25) is 9.59 Å². The minimum absolute atomic E-state index is 0.277. The zero-order valence-electron chi connectivity index (χ0n) is 9.01. The average molecular weight is 250 g/mol. The molecule has 88 valence electrons. The van der Waals surface area contributed by atoms with Gasteiger partial charge in [0.2, 0.25) is 0 Å². The van der Waals surface area contributed by atoms with Gasteiger partial charge in [-0.15, -0.1) is 11.3 Å². The Morgan fingerprint density at radius 2 is 2.12 bits per heavy atom. The molecule has 1 unspecified atom stereocenters. The molecule has 0 radical (unpaired) electrons. The lowest BCUT2D eigenvalue weighted by Crippen LogP contribution is -2.38. The summed E-state index contributed by atoms with van der Waals surface area (Å²) >= 11 is 1.24. The summed E-state index contributed by atoms with van der Waals surface area (Å²) in [4.78, 5) is 26.4. The minimum Gasteiger partial charge on any atom is -0.480 e. The Bertz CT molecular complexity index is 546. The number of aromatic nitrogens is 1. The molecule has 1 atom stereocenters. The number of thiazole rings is 1. The third-order valence-corrected chi connectivity index (χ3v) is 3.24. The van der Waals surface area contributed by atoms with Crippen LogP contribution in [0.3, 0.4) is 0 Å². The molecule has 0 fully saturated rings. The first-order valence-corrected chi connectivity index (χ1v) is 5.79. The lowest BCUT2D eigenvalue weighted by Gasteiger charge is -2.06. The van der Waals surface area contributed by atoms with Gasteiger partial charge in [-0.05, 0) is 19.1 Å². The van der Waals surface area contributed by atoms with E-state index in [1.165, 1.54) is 18.3 Å². The van der Waals surface area contributed by atoms with Crippen LogP contribution in [0.25, 0.3) is 10.2 Å². The lowest BCUT2D eigenvalue weighted by atomic mass is 10.3. The Morgan fingerprint density at radius 3 is 2.76 bits per heavy atom. The van der Waals surface area contributed by atoms with Crippen LogP contribution in [-0.2, 0) is 4.79 Å². The van der Waals surface area contributed by atoms with E-state index in [1.807, 2.05) is 24.3 Å². The molecule has 0 aliphatic carbocycles. The SMILES string of the molecule is CC(NC(=O)c1nc2ccccc2s1)C(=O)O. The number of hydrogen-bond acceptors (Lipinski definition) is 4. The van der Waals surface area contributed by atoms with Gasteiger partial charge in [-0.25, -0.2) is 4.98 Å². The van der Waals surface area contributed by atoms with Crippen molar-refractivity contribution in [1.82, 2.24) is 10.3 Å². The summed E-state index contributed by atoms with van der Waals surface area (Å²) < 4.78 is 0.903. The van der Waals surface area contributed by atoms with Crippen LogP contribution in [0.1, 0.15) is 16.7 Å². The van der Waals surface area contributed by atoms with Gasteiger partial charge in [0, 0.05) is 0 Å². The number of nitrogens with zero attached hydrogens (tertiary/aromatic N) is 1. The molecule has 1 amide bonds. The topological polar surface area (TPSA) is 79.3 Å². The Balaban J connectivity index is 2.22. The fourth-order valence-corrected chi connectivity index (χ4v) is 2.16. The summed E-state index contributed by atoms with van der Waals surface area (Å²) in [5, 5.41) is 11.3. The van der Waals surface area contributed by atoms with Crippen molar-refractivity contribution in [3.05, 3.63) is 29.3 Å². The van der Waals surface area contributed by atoms with E-state index in [0.29, 0.717) is 0 Å². The number of para-hydroxylation sites is 1. The Labute approximate surface area is 101 Å². The largest absolute Gasteiger partial charge is 0.480 e. The molecule has 0 saturated carbocycles. The zero-order chi connectivity index (χ0) is 12.4. The first kappa shape index (κ1) is 11.5. The number of carbonyl (C=O) groups is 2. The summed E-state index contributed by atoms with van der Waals surface area (Å²) in [6, 6.07) is 6.45. The second-order valence-electron chi connectivity index (χ2n) is 3.52. The van der Waals surface area contributed by atoms with Crippen molar-refractivity contribution in [2.24, 2.45) is 0 Å². The minimum atomic E-state index is -1.07. The van der Waals surface area contributed by atoms with Crippen LogP contribution >= 0.6 is 11.3 Å². The van der Waals surface area contributed by atoms with E-state index < -0.39 is 17.9 Å². The predicted octanol–water partition coefficient (Wildman–Crippen LogP) is 1.50. The smallest absolute Gasteiger partial charge is 0.325 e. The van der Waals surface area contributed by atoms with Crippen molar-refractivity contribution in [3.63, 3.8) is 0 Å². The first-order chi connectivity index (χ1) is 8.08. The maximum absolute atomic E-state index is 11.7. The van der Waals surface area contributed by atoms with Crippen LogP contribution in [0.5, 0.6) is 0 Å². The number of carbonyl (C=O) groups excluding carboxylic acids is 1. The molecule has 1 heterocycles. The van der Waals surface area contributed by atoms with Gasteiger partial charge < -0.3 is 10.4 Å². The van der Waals surface area contributed by atoms with Crippen LogP contribution in [0.4, 0.5) is 0 Å². The van der Waals surface area contributed by atoms with Gasteiger partial charge in [0.25, 0.3) is 5.91 Å². The summed E-state index contributed by atoms with van der Waals surface area (Å²) in [6.07, 6.45) is 0. The second kappa shape index (κ2) is 4.50. The van der Waals surface area contributed by atoms with E-state index in [9.17, 15) is 9.59 Å². The van der Waals surface area contributed by atoms with Crippen LogP contribution in [-0.4, -0.2) is 28.0 Å². The van der Waals surface area contributed by atoms with Crippen LogP contribution in [0.2, 0.25) is 0 Å². The van der Waals surface area contributed by atoms with Gasteiger partial charge in [-0.1, -0.05) is 12.1 Å². The van der Waals surface area contributed by atoms with Gasteiger partial charge in [-0.2, -0.15) is 0 Å². The number of amides is 1. The summed E-state index contributed by atoms with van der Waals surface area (Å²) in [5.74, 6) is -1.53. The van der Waals surface area contributed by atoms with E-state index in [4.69, 9.17) is 5.11 Å². The quantitative estimate of drug-likeness (QED) is 0.865. The molecule has 17 heavy (non-hydrogen) atoms. The Morgan fingerprint density at radius 1 is 1.41 bits per heavy atom. The molecule has 2 N–H and O–H groups in total. The predicted molar refractivity (Wildman–Crippen MR) is 64.2 cm³/mol. The van der Waals surface area contributed by atoms with E-state index in [1.54, 1.807) is 0 Å². The van der Waals surface area contributed by atoms with Crippen molar-refractivity contribution >= 4 is 33.4 Å². The third kappa shape index (κ3) is 2.42. The van der Waals surface area contributed by atoms with Crippen LogP contribution in [0.15, 0.2) is 24.3 Å². The fraction of sp³-hybridized carbons (Fsp3) is 0.182. The number of benzene rings is 1. The first-order valence-electron chi connectivity index (χ1n) is 4.97. The number of carboxylic acid groups (broad SMARTS) is 1. The highest BCUT2D eigenvalue weighted by atomic mass is 32.1. The molecular formula is C11H10N2O3S. The molecule has 2 rings (SSSR count). The van der Waals surface area contributed by atoms with Crippen molar-refractivity contribution in [3.8, 4) is 0 Å². The third-order valence-electron chi connectivity index (χ3n) is 2.21. The number of fused-ring (bicyclic) bond motifs is 1. The molecule has 0 aliphatic rings. The highest BCUT2D eigenvalue weighted by molar-refractivity contribution is 7.20. The number of carboxylic acids is 1. The number of hydrogen-bond donors (Lipinski definition) is 2. The molecule has 0 bridgehead atoms. The van der Waals surface area contributed by atoms with Crippen LogP contribution in [0, 0.1) is 0 Å². The van der Waals surface area contributed by atoms with Crippen molar-refractivity contribution in [2.75, 3.05) is 0 Å². The number of aliphatic carboxylic acids is 1. The number of rotatable bonds is 3. The molecular weight excluding hydrogens is 240 g/mol. The van der Waals surface area contributed by atoms with E-state index in [2.05, 4.69) is 10.3 Å². The molecule has 5 nitrogen and oxygen atoms in total. The lowest BCUT2D eigenvalue weighted by molar-refractivity contribution is -0.138. The molecule has 6 heteroatoms. The van der Waals surface area contributed by atoms with Crippen molar-refractivity contribution in [1.29, 1.82) is 0 Å². The monoisotopic (exact) mass is 250 g/mol. The normalized spacial score (nSPS) is 12.3. The van der Waals surface area contributed by atoms with Crippen molar-refractivity contribution in [2.45, 2.75) is 13.0 Å². The molecule has 0 saturated heterocycles. The maximum atomic E-state index is 11.7. The van der Waals surface area contributed by atoms with Gasteiger partial charge in [0.05, 0.1) is 10.2 Å². The Hall–Kier alpha value is -1.95. The Kier molecular flexibility index (Phi) is 3.06. The van der Waals surface area contributed by atoms with Crippen LogP contribution < -0.4 is 5.32 Å². The molecule has 2 aromatic rings. The molecule has 1 aromatic heterocycles. The maximum Gasteiger partial charge on any atom is 0.325 e. The van der Waals surface area contributed by atoms with Gasteiger partial charge >= 0.3 is 5.97 Å². The zero-order valence-corrected chi connectivity index (χ0v) is 9.82. The number of nitrogens with one attached hydrogen (secondary N) is 1. The van der Waals surface area contributed by atoms with E-state index in [0.717, 1.165) is 10.2 Å². The second-order valence-corrected chi connectivity index (χ2v) is 4.55. The van der Waals surface area contributed by atoms with Crippen molar-refractivity contribution < 1.29 is 14.7 Å². The van der Waals surface area contributed by atoms with Gasteiger partial charge in [0.15, 0.2) is 5.01 Å². The van der Waals surface area contributed by atoms with E-state index >= 15 is 0 Å². The fourth-order valence-electron chi connectivity index (χ4n) is 1.29. The summed E-state index contributed by atoms with van der Waals surface area (Å²) in [6.45, 7) is 1.41. The van der Waals surface area contributed by atoms with Gasteiger partial charge in [0.1, 0.15) is 6.04 Å². The average Bonchev–Trinajstić information content (AvgIpc) is 2.72. The summed E-state index contributed by atoms with van der Waals surface area (Å²) in [7, 11) is 0. The highest BCUT2D eigenvalue weighted by Gasteiger charge is 2.18. The molecule has 0 spiro atoms. The molecule has 0 aliphatic heterocycles. The standard InChI is InChI=1S/C11H10N2O3S/c1-6(11(15)16)12-9(14)10-13-7-4-2-3-5-8(7)17-10/h2-6H,1H3,(H,12,14)(H,15,16). The molecule has 1 aromatic carbocycles.